The van der Waals surface area contributed by atoms with E-state index in [1.807, 2.05) is 0 Å². The zero-order valence-corrected chi connectivity index (χ0v) is 30.2. The summed E-state index contributed by atoms with van der Waals surface area (Å²) in [7, 11) is 2.66. The Balaban J connectivity index is 1.07. The van der Waals surface area contributed by atoms with Crippen LogP contribution in [-0.2, 0) is 9.53 Å². The minimum absolute atomic E-state index is 0.000230. The van der Waals surface area contributed by atoms with Gasteiger partial charge in [0.15, 0.2) is 5.82 Å². The third kappa shape index (κ3) is 5.57. The lowest BCUT2D eigenvalue weighted by Gasteiger charge is -2.35. The van der Waals surface area contributed by atoms with Gasteiger partial charge in [0.1, 0.15) is 34.0 Å². The first-order valence-electron chi connectivity index (χ1n) is 18.5. The molecule has 3 unspecified atom stereocenters. The van der Waals surface area contributed by atoms with Gasteiger partial charge in [0.25, 0.3) is 0 Å². The lowest BCUT2D eigenvalue weighted by molar-refractivity contribution is -0.150. The Hall–Kier alpha value is -4.87. The quantitative estimate of drug-likeness (QED) is 0.172. The molecule has 9 rings (SSSR count). The predicted molar refractivity (Wildman–Crippen MR) is 194 cm³/mol. The Labute approximate surface area is 310 Å². The second kappa shape index (κ2) is 12.6. The van der Waals surface area contributed by atoms with Gasteiger partial charge in [-0.3, -0.25) is 0 Å². The summed E-state index contributed by atoms with van der Waals surface area (Å²) < 4.78 is 64.4. The minimum atomic E-state index is -1.88. The maximum atomic E-state index is 17.2. The number of hydrogen-bond donors (Lipinski definition) is 2. The zero-order valence-electron chi connectivity index (χ0n) is 30.2. The number of carbonyl (C=O) groups is 1. The molecule has 54 heavy (non-hydrogen) atoms. The number of pyridine rings is 1. The predicted octanol–water partition coefficient (Wildman–Crippen LogP) is 5.29. The number of methoxy groups -OCH3 is 2. The van der Waals surface area contributed by atoms with Crippen molar-refractivity contribution in [2.45, 2.75) is 62.7 Å². The molecule has 5 fully saturated rings. The maximum Gasteiger partial charge on any atom is 0.344 e. The van der Waals surface area contributed by atoms with E-state index in [4.69, 9.17) is 25.6 Å². The van der Waals surface area contributed by atoms with Crippen LogP contribution in [0.1, 0.15) is 50.5 Å². The molecule has 2 N–H and O–H groups in total. The molecule has 2 bridgehead atoms. The van der Waals surface area contributed by atoms with Gasteiger partial charge in [-0.05, 0) is 75.2 Å². The number of aromatic hydroxyl groups is 1. The molecule has 2 aromatic carbocycles. The van der Waals surface area contributed by atoms with Crippen molar-refractivity contribution in [3.63, 3.8) is 0 Å². The van der Waals surface area contributed by atoms with Crippen molar-refractivity contribution in [3.8, 4) is 41.2 Å². The monoisotopic (exact) mass is 742 g/mol. The molecule has 3 saturated heterocycles. The molecule has 0 amide bonds. The number of phenols is 1. The van der Waals surface area contributed by atoms with Crippen LogP contribution in [0.4, 0.5) is 19.0 Å². The van der Waals surface area contributed by atoms with Gasteiger partial charge in [0, 0.05) is 59.9 Å². The number of anilines is 1. The molecule has 0 radical (unpaired) electrons. The van der Waals surface area contributed by atoms with E-state index in [0.29, 0.717) is 56.8 Å². The highest BCUT2D eigenvalue weighted by molar-refractivity contribution is 6.04. The van der Waals surface area contributed by atoms with Crippen LogP contribution >= 0.6 is 0 Å². The number of halogens is 3. The highest BCUT2D eigenvalue weighted by atomic mass is 19.1. The molecular formula is C40H41F3N6O5. The smallest absolute Gasteiger partial charge is 0.344 e. The Morgan fingerprint density at radius 2 is 1.80 bits per heavy atom. The largest absolute Gasteiger partial charge is 0.508 e. The van der Waals surface area contributed by atoms with Gasteiger partial charge < -0.3 is 34.4 Å². The molecule has 1 spiro atoms. The number of benzene rings is 2. The SMILES string of the molecule is C#Cc1c(F)ccc2cc(O)cc(-c3nc(OC)c4c(N5CC6CCC(C5)N6)nc(OCC5(CN6CCC7(CC6)CC7(F)C(=O)OC)CC5)nc4c3F)c12. The molecule has 5 heterocycles. The van der Waals surface area contributed by atoms with Gasteiger partial charge >= 0.3 is 12.0 Å². The van der Waals surface area contributed by atoms with E-state index in [-0.39, 0.29) is 74.7 Å². The van der Waals surface area contributed by atoms with Crippen molar-refractivity contribution in [2.24, 2.45) is 10.8 Å². The zero-order chi connectivity index (χ0) is 37.6. The van der Waals surface area contributed by atoms with E-state index < -0.39 is 28.7 Å². The summed E-state index contributed by atoms with van der Waals surface area (Å²) >= 11 is 0. The standard InChI is InChI=1S/C40H41F3N6O5/c1-4-26-28(41)8-5-22-15-25(50)16-27(29(22)26)32-31(42)33-30(35(45-32)52-2)34(49-17-23-6-7-24(18-49)44-23)47-37(46-33)54-21-38(9-10-38)20-48-13-11-39(12-14-48)19-40(39,43)36(51)53-3/h1,5,8,15-16,23-24,44,50H,6-7,9-14,17-21H2,2-3H3. The molecule has 2 aromatic heterocycles. The Morgan fingerprint density at radius 3 is 2.46 bits per heavy atom. The number of terminal acetylenes is 1. The van der Waals surface area contributed by atoms with E-state index in [9.17, 15) is 9.90 Å². The molecular weight excluding hydrogens is 701 g/mol. The number of nitrogens with zero attached hydrogens (tertiary/aromatic N) is 5. The number of esters is 1. The lowest BCUT2D eigenvalue weighted by Crippen LogP contribution is -2.51. The molecule has 11 nitrogen and oxygen atoms in total. The van der Waals surface area contributed by atoms with E-state index in [1.165, 1.54) is 38.5 Å². The fourth-order valence-electron chi connectivity index (χ4n) is 9.25. The highest BCUT2D eigenvalue weighted by Crippen LogP contribution is 2.65. The van der Waals surface area contributed by atoms with E-state index >= 15 is 13.2 Å². The number of rotatable bonds is 9. The van der Waals surface area contributed by atoms with Crippen LogP contribution in [0.15, 0.2) is 24.3 Å². The number of hydrogen-bond acceptors (Lipinski definition) is 11. The van der Waals surface area contributed by atoms with Crippen LogP contribution in [0.3, 0.4) is 0 Å². The number of carbonyl (C=O) groups excluding carboxylic acids is 1. The molecule has 4 aromatic rings. The summed E-state index contributed by atoms with van der Waals surface area (Å²) in [4.78, 5) is 30.6. The summed E-state index contributed by atoms with van der Waals surface area (Å²) in [5, 5.41) is 15.2. The first-order valence-corrected chi connectivity index (χ1v) is 18.5. The first kappa shape index (κ1) is 34.9. The van der Waals surface area contributed by atoms with Gasteiger partial charge in [-0.25, -0.2) is 22.9 Å². The number of likely N-dealkylation sites (tertiary alicyclic amines) is 1. The van der Waals surface area contributed by atoms with Gasteiger partial charge in [0.2, 0.25) is 11.5 Å². The van der Waals surface area contributed by atoms with E-state index in [0.717, 1.165) is 32.2 Å². The average Bonchev–Trinajstić information content (AvgIpc) is 4.04. The number of aromatic nitrogens is 3. The van der Waals surface area contributed by atoms with Crippen LogP contribution in [-0.4, -0.2) is 102 Å². The topological polar surface area (TPSA) is 122 Å². The van der Waals surface area contributed by atoms with E-state index in [1.54, 1.807) is 0 Å². The normalized spacial score (nSPS) is 25.1. The molecule has 3 atom stereocenters. The fourth-order valence-corrected chi connectivity index (χ4v) is 9.25. The van der Waals surface area contributed by atoms with Gasteiger partial charge in [0.05, 0.1) is 26.4 Å². The lowest BCUT2D eigenvalue weighted by atomic mass is 9.89. The highest BCUT2D eigenvalue weighted by Gasteiger charge is 2.74. The Bertz CT molecular complexity index is 2240. The number of nitrogens with one attached hydrogen (secondary N) is 1. The summed E-state index contributed by atoms with van der Waals surface area (Å²) in [6.07, 6.45) is 11.0. The molecule has 2 saturated carbocycles. The summed E-state index contributed by atoms with van der Waals surface area (Å²) in [5.74, 6) is 0.434. The second-order valence-corrected chi connectivity index (χ2v) is 15.9. The fraction of sp³-hybridized carbons (Fsp3) is 0.500. The number of alkyl halides is 1. The van der Waals surface area contributed by atoms with Crippen LogP contribution in [0.2, 0.25) is 0 Å². The summed E-state index contributed by atoms with van der Waals surface area (Å²) in [6.45, 7) is 3.63. The number of phenolic OH excluding ortho intramolecular Hbond substituents is 1. The van der Waals surface area contributed by atoms with Crippen LogP contribution in [0, 0.1) is 34.8 Å². The number of piperazine rings is 1. The van der Waals surface area contributed by atoms with Crippen LogP contribution in [0.25, 0.3) is 32.9 Å². The van der Waals surface area contributed by atoms with Crippen molar-refractivity contribution in [1.82, 2.24) is 25.2 Å². The number of ether oxygens (including phenoxy) is 3. The van der Waals surface area contributed by atoms with Crippen molar-refractivity contribution < 1.29 is 37.3 Å². The number of piperidine rings is 1. The van der Waals surface area contributed by atoms with Gasteiger partial charge in [-0.15, -0.1) is 6.42 Å². The molecule has 3 aliphatic heterocycles. The van der Waals surface area contributed by atoms with Crippen molar-refractivity contribution >= 4 is 33.5 Å². The number of fused-ring (bicyclic) bond motifs is 4. The third-order valence-corrected chi connectivity index (χ3v) is 12.5. The summed E-state index contributed by atoms with van der Waals surface area (Å²) in [6, 6.07) is 5.88. The molecule has 5 aliphatic rings. The van der Waals surface area contributed by atoms with Gasteiger partial charge in [-0.2, -0.15) is 9.97 Å². The minimum Gasteiger partial charge on any atom is -0.508 e. The van der Waals surface area contributed by atoms with Gasteiger partial charge in [-0.1, -0.05) is 12.0 Å². The second-order valence-electron chi connectivity index (χ2n) is 15.9. The molecule has 282 valence electrons. The van der Waals surface area contributed by atoms with Crippen LogP contribution in [0.5, 0.6) is 17.6 Å². The first-order chi connectivity index (χ1) is 26.0. The van der Waals surface area contributed by atoms with Crippen LogP contribution < -0.4 is 19.7 Å². The molecule has 14 heteroatoms. The average molecular weight is 743 g/mol. The maximum absolute atomic E-state index is 17.2. The molecule has 2 aliphatic carbocycles. The Kier molecular flexibility index (Phi) is 8.13. The van der Waals surface area contributed by atoms with Crippen molar-refractivity contribution in [1.29, 1.82) is 0 Å². The van der Waals surface area contributed by atoms with E-state index in [2.05, 4.69) is 31.0 Å². The third-order valence-electron chi connectivity index (χ3n) is 12.5. The van der Waals surface area contributed by atoms with Crippen molar-refractivity contribution in [3.05, 3.63) is 41.5 Å². The summed E-state index contributed by atoms with van der Waals surface area (Å²) in [5.41, 5.74) is -3.01. The Morgan fingerprint density at radius 1 is 1.06 bits per heavy atom. The van der Waals surface area contributed by atoms with Crippen molar-refractivity contribution in [2.75, 3.05) is 58.5 Å².